The van der Waals surface area contributed by atoms with Gasteiger partial charge in [-0.15, -0.1) is 12.4 Å². The third-order valence-corrected chi connectivity index (χ3v) is 4.41. The summed E-state index contributed by atoms with van der Waals surface area (Å²) >= 11 is 0. The second-order valence-electron chi connectivity index (χ2n) is 6.42. The maximum atomic E-state index is 13.5. The lowest BCUT2D eigenvalue weighted by Gasteiger charge is -2.20. The van der Waals surface area contributed by atoms with Crippen molar-refractivity contribution in [1.29, 1.82) is 0 Å². The Bertz CT molecular complexity index is 884. The molecule has 0 aliphatic heterocycles. The number of carbonyl (C=O) groups excluding carboxylic acids is 1. The lowest BCUT2D eigenvalue weighted by Crippen LogP contribution is -2.36. The summed E-state index contributed by atoms with van der Waals surface area (Å²) in [7, 11) is 1.63. The molecule has 3 rings (SSSR count). The molecule has 1 aromatic heterocycles. The number of carbonyl (C=O) groups is 1. The summed E-state index contributed by atoms with van der Waals surface area (Å²) in [5, 5.41) is 2.66. The topological polar surface area (TPSA) is 45.5 Å². The first-order valence-electron chi connectivity index (χ1n) is 8.94. The van der Waals surface area contributed by atoms with E-state index in [4.69, 9.17) is 4.42 Å². The van der Waals surface area contributed by atoms with Crippen molar-refractivity contribution in [3.05, 3.63) is 84.1 Å². The largest absolute Gasteiger partial charge is 0.468 e. The molecule has 0 bridgehead atoms. The number of halogens is 2. The van der Waals surface area contributed by atoms with E-state index in [1.807, 2.05) is 41.3 Å². The van der Waals surface area contributed by atoms with Gasteiger partial charge in [0.1, 0.15) is 11.6 Å². The van der Waals surface area contributed by atoms with Crippen molar-refractivity contribution in [2.24, 2.45) is 0 Å². The first kappa shape index (κ1) is 21.7. The van der Waals surface area contributed by atoms with E-state index in [0.717, 1.165) is 28.9 Å². The van der Waals surface area contributed by atoms with Crippen LogP contribution in [-0.2, 0) is 17.8 Å². The van der Waals surface area contributed by atoms with E-state index in [-0.39, 0.29) is 24.1 Å². The molecule has 0 aliphatic rings. The number of nitrogens with zero attached hydrogens (tertiary/aromatic N) is 1. The molecule has 2 aromatic carbocycles. The van der Waals surface area contributed by atoms with Crippen molar-refractivity contribution in [2.75, 3.05) is 20.1 Å². The fourth-order valence-corrected chi connectivity index (χ4v) is 2.98. The first-order chi connectivity index (χ1) is 13.1. The summed E-state index contributed by atoms with van der Waals surface area (Å²) in [4.78, 5) is 13.9. The lowest BCUT2D eigenvalue weighted by molar-refractivity contribution is -0.121. The molecule has 0 aliphatic carbocycles. The zero-order chi connectivity index (χ0) is 19.1. The van der Waals surface area contributed by atoms with Crippen LogP contribution in [-0.4, -0.2) is 30.9 Å². The normalized spacial score (nSPS) is 10.5. The molecule has 4 nitrogen and oxygen atoms in total. The predicted octanol–water partition coefficient (Wildman–Crippen LogP) is 4.30. The van der Waals surface area contributed by atoms with E-state index in [0.29, 0.717) is 19.6 Å². The Hall–Kier alpha value is -2.63. The molecule has 0 unspecified atom stereocenters. The van der Waals surface area contributed by atoms with E-state index in [2.05, 4.69) is 11.4 Å². The van der Waals surface area contributed by atoms with Crippen LogP contribution in [0.2, 0.25) is 0 Å². The van der Waals surface area contributed by atoms with E-state index in [1.54, 1.807) is 19.4 Å². The summed E-state index contributed by atoms with van der Waals surface area (Å²) in [6.45, 7) is 1.59. The standard InChI is InChI=1S/C22H23FN2O2.ClH/c1-24-22(26)16-25(15-21-9-4-12-27-21)11-10-17-5-2-6-18(13-17)19-7-3-8-20(23)14-19;/h2-9,12-14H,10-11,15-16H2,1H3,(H,24,26);1H. The van der Waals surface area contributed by atoms with Crippen molar-refractivity contribution >= 4 is 18.3 Å². The smallest absolute Gasteiger partial charge is 0.233 e. The molecule has 1 heterocycles. The van der Waals surface area contributed by atoms with E-state index >= 15 is 0 Å². The highest BCUT2D eigenvalue weighted by molar-refractivity contribution is 5.85. The average molecular weight is 403 g/mol. The van der Waals surface area contributed by atoms with Gasteiger partial charge < -0.3 is 9.73 Å². The number of hydrogen-bond donors (Lipinski definition) is 1. The van der Waals surface area contributed by atoms with Gasteiger partial charge >= 0.3 is 0 Å². The summed E-state index contributed by atoms with van der Waals surface area (Å²) < 4.78 is 18.9. The van der Waals surface area contributed by atoms with Gasteiger partial charge in [-0.2, -0.15) is 0 Å². The third kappa shape index (κ3) is 6.22. The van der Waals surface area contributed by atoms with Gasteiger partial charge in [0.2, 0.25) is 5.91 Å². The predicted molar refractivity (Wildman–Crippen MR) is 111 cm³/mol. The first-order valence-corrected chi connectivity index (χ1v) is 8.94. The van der Waals surface area contributed by atoms with Crippen molar-refractivity contribution in [1.82, 2.24) is 10.2 Å². The van der Waals surface area contributed by atoms with Crippen LogP contribution in [0, 0.1) is 5.82 Å². The van der Waals surface area contributed by atoms with Gasteiger partial charge in [-0.3, -0.25) is 9.69 Å². The number of hydrogen-bond acceptors (Lipinski definition) is 3. The van der Waals surface area contributed by atoms with Gasteiger partial charge in [-0.05, 0) is 47.4 Å². The number of rotatable bonds is 8. The minimum Gasteiger partial charge on any atom is -0.468 e. The molecular formula is C22H24ClFN2O2. The summed E-state index contributed by atoms with van der Waals surface area (Å²) in [5.41, 5.74) is 2.98. The Labute approximate surface area is 170 Å². The highest BCUT2D eigenvalue weighted by Gasteiger charge is 2.12. The molecule has 0 fully saturated rings. The maximum Gasteiger partial charge on any atom is 0.233 e. The Balaban J connectivity index is 0.00000280. The number of benzene rings is 2. The molecule has 0 saturated heterocycles. The molecule has 0 radical (unpaired) electrons. The van der Waals surface area contributed by atoms with Crippen LogP contribution >= 0.6 is 12.4 Å². The molecule has 148 valence electrons. The lowest BCUT2D eigenvalue weighted by atomic mass is 10.0. The SMILES string of the molecule is CNC(=O)CN(CCc1cccc(-c2cccc(F)c2)c1)Cc1ccco1.Cl. The van der Waals surface area contributed by atoms with E-state index in [9.17, 15) is 9.18 Å². The third-order valence-electron chi connectivity index (χ3n) is 4.41. The van der Waals surface area contributed by atoms with Crippen LogP contribution in [0.1, 0.15) is 11.3 Å². The Morgan fingerprint density at radius 3 is 2.50 bits per heavy atom. The minimum absolute atomic E-state index is 0. The van der Waals surface area contributed by atoms with E-state index in [1.165, 1.54) is 12.1 Å². The van der Waals surface area contributed by atoms with Gasteiger partial charge in [0.25, 0.3) is 0 Å². The summed E-state index contributed by atoms with van der Waals surface area (Å²) in [6, 6.07) is 18.4. The average Bonchev–Trinajstić information content (AvgIpc) is 3.19. The molecule has 0 atom stereocenters. The molecule has 6 heteroatoms. The van der Waals surface area contributed by atoms with Crippen LogP contribution < -0.4 is 5.32 Å². The van der Waals surface area contributed by atoms with Crippen LogP contribution in [0.3, 0.4) is 0 Å². The number of furan rings is 1. The van der Waals surface area contributed by atoms with Crippen molar-refractivity contribution in [2.45, 2.75) is 13.0 Å². The second-order valence-corrected chi connectivity index (χ2v) is 6.42. The number of amides is 1. The second kappa shape index (κ2) is 10.6. The van der Waals surface area contributed by atoms with Crippen LogP contribution in [0.15, 0.2) is 71.3 Å². The highest BCUT2D eigenvalue weighted by atomic mass is 35.5. The zero-order valence-electron chi connectivity index (χ0n) is 15.7. The molecule has 28 heavy (non-hydrogen) atoms. The Kier molecular flexibility index (Phi) is 8.23. The maximum absolute atomic E-state index is 13.5. The van der Waals surface area contributed by atoms with Crippen molar-refractivity contribution < 1.29 is 13.6 Å². The Morgan fingerprint density at radius 2 is 1.82 bits per heavy atom. The van der Waals surface area contributed by atoms with Gasteiger partial charge in [0.15, 0.2) is 0 Å². The quantitative estimate of drug-likeness (QED) is 0.611. The fraction of sp³-hybridized carbons (Fsp3) is 0.227. The molecule has 0 saturated carbocycles. The summed E-state index contributed by atoms with van der Waals surface area (Å²) in [5.74, 6) is 0.551. The zero-order valence-corrected chi connectivity index (χ0v) is 16.5. The monoisotopic (exact) mass is 402 g/mol. The van der Waals surface area contributed by atoms with Gasteiger partial charge in [-0.25, -0.2) is 4.39 Å². The van der Waals surface area contributed by atoms with Crippen LogP contribution in [0.25, 0.3) is 11.1 Å². The van der Waals surface area contributed by atoms with Gasteiger partial charge in [0, 0.05) is 13.6 Å². The van der Waals surface area contributed by atoms with Crippen molar-refractivity contribution in [3.63, 3.8) is 0 Å². The van der Waals surface area contributed by atoms with Crippen LogP contribution in [0.4, 0.5) is 4.39 Å². The molecule has 1 N–H and O–H groups in total. The fourth-order valence-electron chi connectivity index (χ4n) is 2.98. The molecule has 0 spiro atoms. The van der Waals surface area contributed by atoms with Gasteiger partial charge in [-0.1, -0.05) is 36.4 Å². The summed E-state index contributed by atoms with van der Waals surface area (Å²) in [6.07, 6.45) is 2.41. The molecule has 1 amide bonds. The van der Waals surface area contributed by atoms with Crippen LogP contribution in [0.5, 0.6) is 0 Å². The molecular weight excluding hydrogens is 379 g/mol. The van der Waals surface area contributed by atoms with E-state index < -0.39 is 0 Å². The number of nitrogens with one attached hydrogen (secondary N) is 1. The highest BCUT2D eigenvalue weighted by Crippen LogP contribution is 2.21. The van der Waals surface area contributed by atoms with Crippen molar-refractivity contribution in [3.8, 4) is 11.1 Å². The Morgan fingerprint density at radius 1 is 1.07 bits per heavy atom. The molecule has 3 aromatic rings. The minimum atomic E-state index is -0.242. The number of likely N-dealkylation sites (N-methyl/N-ethyl adjacent to an activating group) is 1. The van der Waals surface area contributed by atoms with Gasteiger partial charge in [0.05, 0.1) is 19.4 Å².